The molecule has 1 saturated carbocycles. The van der Waals surface area contributed by atoms with Gasteiger partial charge in [-0.3, -0.25) is 9.69 Å². The standard InChI is InChI=1S/C9H15NO3/c1-9(13)4-10(5-9)7(8(11)12)6-2-3-6/h6-7,13H,2-5H2,1H3,(H,11,12). The molecule has 2 fully saturated rings. The van der Waals surface area contributed by atoms with E-state index in [0.717, 1.165) is 12.8 Å². The highest BCUT2D eigenvalue weighted by Gasteiger charge is 2.48. The van der Waals surface area contributed by atoms with Gasteiger partial charge in [0, 0.05) is 13.1 Å². The van der Waals surface area contributed by atoms with Gasteiger partial charge in [0.05, 0.1) is 5.60 Å². The summed E-state index contributed by atoms with van der Waals surface area (Å²) in [4.78, 5) is 12.8. The van der Waals surface area contributed by atoms with Gasteiger partial charge in [0.25, 0.3) is 0 Å². The number of rotatable bonds is 3. The maximum Gasteiger partial charge on any atom is 0.321 e. The van der Waals surface area contributed by atoms with Gasteiger partial charge in [-0.25, -0.2) is 0 Å². The van der Waals surface area contributed by atoms with E-state index in [1.54, 1.807) is 6.92 Å². The van der Waals surface area contributed by atoms with Crippen molar-refractivity contribution < 1.29 is 15.0 Å². The molecule has 2 N–H and O–H groups in total. The summed E-state index contributed by atoms with van der Waals surface area (Å²) in [5, 5.41) is 18.4. The number of carbonyl (C=O) groups is 1. The van der Waals surface area contributed by atoms with Crippen molar-refractivity contribution >= 4 is 5.97 Å². The van der Waals surface area contributed by atoms with Crippen molar-refractivity contribution in [1.82, 2.24) is 4.90 Å². The van der Waals surface area contributed by atoms with Gasteiger partial charge in [0.15, 0.2) is 0 Å². The maximum atomic E-state index is 10.9. The van der Waals surface area contributed by atoms with Crippen molar-refractivity contribution in [3.63, 3.8) is 0 Å². The zero-order valence-corrected chi connectivity index (χ0v) is 7.73. The number of hydrogen-bond acceptors (Lipinski definition) is 3. The van der Waals surface area contributed by atoms with Gasteiger partial charge in [-0.2, -0.15) is 0 Å². The van der Waals surface area contributed by atoms with Crippen LogP contribution in [0.1, 0.15) is 19.8 Å². The number of carboxylic acid groups (broad SMARTS) is 1. The Labute approximate surface area is 77.2 Å². The zero-order valence-electron chi connectivity index (χ0n) is 7.73. The van der Waals surface area contributed by atoms with E-state index in [0.29, 0.717) is 19.0 Å². The second-order valence-electron chi connectivity index (χ2n) is 4.52. The molecule has 1 saturated heterocycles. The van der Waals surface area contributed by atoms with Gasteiger partial charge in [-0.1, -0.05) is 0 Å². The fourth-order valence-electron chi connectivity index (χ4n) is 2.09. The Kier molecular flexibility index (Phi) is 1.85. The molecule has 1 aliphatic heterocycles. The summed E-state index contributed by atoms with van der Waals surface area (Å²) in [6, 6.07) is -0.347. The van der Waals surface area contributed by atoms with E-state index in [2.05, 4.69) is 0 Å². The average molecular weight is 185 g/mol. The van der Waals surface area contributed by atoms with Crippen LogP contribution in [0.3, 0.4) is 0 Å². The molecule has 0 aromatic rings. The largest absolute Gasteiger partial charge is 0.480 e. The highest BCUT2D eigenvalue weighted by Crippen LogP contribution is 2.38. The third-order valence-corrected chi connectivity index (χ3v) is 2.80. The molecular formula is C9H15NO3. The molecule has 1 aliphatic carbocycles. The monoisotopic (exact) mass is 185 g/mol. The smallest absolute Gasteiger partial charge is 0.321 e. The predicted molar refractivity (Wildman–Crippen MR) is 46.3 cm³/mol. The van der Waals surface area contributed by atoms with E-state index in [1.807, 2.05) is 4.90 Å². The van der Waals surface area contributed by atoms with E-state index in [1.165, 1.54) is 0 Å². The molecule has 4 nitrogen and oxygen atoms in total. The van der Waals surface area contributed by atoms with Crippen molar-refractivity contribution in [3.05, 3.63) is 0 Å². The molecule has 0 aromatic heterocycles. The van der Waals surface area contributed by atoms with Crippen molar-refractivity contribution in [2.75, 3.05) is 13.1 Å². The molecule has 74 valence electrons. The minimum Gasteiger partial charge on any atom is -0.480 e. The predicted octanol–water partition coefficient (Wildman–Crippen LogP) is -0.0838. The van der Waals surface area contributed by atoms with Crippen LogP contribution in [0.2, 0.25) is 0 Å². The van der Waals surface area contributed by atoms with Crippen LogP contribution in [-0.4, -0.2) is 45.8 Å². The van der Waals surface area contributed by atoms with Crippen LogP contribution in [-0.2, 0) is 4.79 Å². The quantitative estimate of drug-likeness (QED) is 0.645. The molecule has 0 radical (unpaired) electrons. The first-order chi connectivity index (χ1) is 5.99. The molecule has 1 unspecified atom stereocenters. The topological polar surface area (TPSA) is 60.8 Å². The van der Waals surface area contributed by atoms with E-state index < -0.39 is 11.6 Å². The summed E-state index contributed by atoms with van der Waals surface area (Å²) in [6.45, 7) is 2.75. The Hall–Kier alpha value is -0.610. The van der Waals surface area contributed by atoms with Crippen molar-refractivity contribution in [3.8, 4) is 0 Å². The van der Waals surface area contributed by atoms with Crippen LogP contribution in [0, 0.1) is 5.92 Å². The number of likely N-dealkylation sites (tertiary alicyclic amines) is 1. The molecule has 0 spiro atoms. The lowest BCUT2D eigenvalue weighted by Gasteiger charge is -2.47. The van der Waals surface area contributed by atoms with Gasteiger partial charge in [0.1, 0.15) is 6.04 Å². The van der Waals surface area contributed by atoms with Crippen molar-refractivity contribution in [2.24, 2.45) is 5.92 Å². The van der Waals surface area contributed by atoms with Gasteiger partial charge in [0.2, 0.25) is 0 Å². The van der Waals surface area contributed by atoms with Gasteiger partial charge >= 0.3 is 5.97 Å². The minimum absolute atomic E-state index is 0.327. The van der Waals surface area contributed by atoms with E-state index in [4.69, 9.17) is 5.11 Å². The van der Waals surface area contributed by atoms with Crippen molar-refractivity contribution in [1.29, 1.82) is 0 Å². The molecule has 1 atom stereocenters. The summed E-state index contributed by atoms with van der Waals surface area (Å²) in [5.41, 5.74) is -0.664. The average Bonchev–Trinajstić information content (AvgIpc) is 2.66. The molecule has 2 rings (SSSR count). The molecular weight excluding hydrogens is 170 g/mol. The summed E-state index contributed by atoms with van der Waals surface area (Å²) in [5.74, 6) is -0.411. The van der Waals surface area contributed by atoms with Gasteiger partial charge in [-0.05, 0) is 25.7 Å². The highest BCUT2D eigenvalue weighted by atomic mass is 16.4. The lowest BCUT2D eigenvalue weighted by Crippen LogP contribution is -2.65. The molecule has 13 heavy (non-hydrogen) atoms. The first kappa shape index (κ1) is 8.97. The maximum absolute atomic E-state index is 10.9. The number of β-amino-alcohol motifs (C(OH)–C–C–N with tert-alkyl or cyclic N) is 1. The SMILES string of the molecule is CC1(O)CN(C(C(=O)O)C2CC2)C1. The lowest BCUT2D eigenvalue weighted by atomic mass is 9.93. The Morgan fingerprint density at radius 2 is 2.08 bits per heavy atom. The minimum atomic E-state index is -0.738. The molecule has 1 heterocycles. The lowest BCUT2D eigenvalue weighted by molar-refractivity contribution is -0.157. The fraction of sp³-hybridized carbons (Fsp3) is 0.889. The Bertz CT molecular complexity index is 227. The third kappa shape index (κ3) is 1.69. The molecule has 0 bridgehead atoms. The highest BCUT2D eigenvalue weighted by molar-refractivity contribution is 5.74. The van der Waals surface area contributed by atoms with E-state index in [9.17, 15) is 9.90 Å². The van der Waals surface area contributed by atoms with Crippen LogP contribution >= 0.6 is 0 Å². The van der Waals surface area contributed by atoms with Crippen LogP contribution < -0.4 is 0 Å². The Morgan fingerprint density at radius 1 is 1.54 bits per heavy atom. The second kappa shape index (κ2) is 2.69. The first-order valence-corrected chi connectivity index (χ1v) is 4.69. The van der Waals surface area contributed by atoms with Gasteiger partial charge < -0.3 is 10.2 Å². The summed E-state index contributed by atoms with van der Waals surface area (Å²) >= 11 is 0. The number of nitrogens with zero attached hydrogens (tertiary/aromatic N) is 1. The molecule has 0 amide bonds. The zero-order chi connectivity index (χ0) is 9.64. The Balaban J connectivity index is 1.94. The molecule has 4 heteroatoms. The molecule has 0 aromatic carbocycles. The number of aliphatic hydroxyl groups is 1. The summed E-state index contributed by atoms with van der Waals surface area (Å²) in [6.07, 6.45) is 2.05. The van der Waals surface area contributed by atoms with Crippen LogP contribution in [0.4, 0.5) is 0 Å². The van der Waals surface area contributed by atoms with Gasteiger partial charge in [-0.15, -0.1) is 0 Å². The van der Waals surface area contributed by atoms with E-state index in [-0.39, 0.29) is 6.04 Å². The first-order valence-electron chi connectivity index (χ1n) is 4.69. The number of hydrogen-bond donors (Lipinski definition) is 2. The summed E-state index contributed by atoms with van der Waals surface area (Å²) < 4.78 is 0. The van der Waals surface area contributed by atoms with Crippen molar-refractivity contribution in [2.45, 2.75) is 31.4 Å². The number of aliphatic carboxylic acids is 1. The second-order valence-corrected chi connectivity index (χ2v) is 4.52. The fourth-order valence-corrected chi connectivity index (χ4v) is 2.09. The van der Waals surface area contributed by atoms with Crippen LogP contribution in [0.25, 0.3) is 0 Å². The van der Waals surface area contributed by atoms with Crippen LogP contribution in [0.15, 0.2) is 0 Å². The summed E-state index contributed by atoms with van der Waals surface area (Å²) in [7, 11) is 0. The van der Waals surface area contributed by atoms with E-state index >= 15 is 0 Å². The molecule has 2 aliphatic rings. The van der Waals surface area contributed by atoms with Crippen LogP contribution in [0.5, 0.6) is 0 Å². The third-order valence-electron chi connectivity index (χ3n) is 2.80. The Morgan fingerprint density at radius 3 is 2.38 bits per heavy atom. The normalized spacial score (nSPS) is 29.4. The number of carboxylic acids is 1.